The van der Waals surface area contributed by atoms with Crippen LogP contribution in [0, 0.1) is 0 Å². The Labute approximate surface area is 108 Å². The van der Waals surface area contributed by atoms with Gasteiger partial charge in [0.15, 0.2) is 0 Å². The normalized spacial score (nSPS) is 16.2. The molecular formula is C12H22N2O4. The van der Waals surface area contributed by atoms with Gasteiger partial charge in [-0.25, -0.2) is 9.59 Å². The molecule has 0 bridgehead atoms. The Kier molecular flexibility index (Phi) is 4.43. The first-order chi connectivity index (χ1) is 8.17. The van der Waals surface area contributed by atoms with Crippen LogP contribution >= 0.6 is 0 Å². The van der Waals surface area contributed by atoms with Gasteiger partial charge in [0.1, 0.15) is 5.60 Å². The summed E-state index contributed by atoms with van der Waals surface area (Å²) in [6.07, 6.45) is -0.941. The third-order valence-corrected chi connectivity index (χ3v) is 2.20. The molecule has 1 heterocycles. The Bertz CT molecular complexity index is 317. The number of amides is 2. The molecule has 0 spiro atoms. The van der Waals surface area contributed by atoms with Crippen molar-refractivity contribution < 1.29 is 19.1 Å². The van der Waals surface area contributed by atoms with Crippen LogP contribution in [0.3, 0.4) is 0 Å². The van der Waals surface area contributed by atoms with Crippen LogP contribution < -0.4 is 5.32 Å². The molecule has 2 amide bonds. The van der Waals surface area contributed by atoms with E-state index in [1.54, 1.807) is 18.7 Å². The number of likely N-dealkylation sites (tertiary alicyclic amines) is 1. The van der Waals surface area contributed by atoms with Gasteiger partial charge in [-0.3, -0.25) is 0 Å². The summed E-state index contributed by atoms with van der Waals surface area (Å²) in [5, 5.41) is 2.68. The van der Waals surface area contributed by atoms with E-state index in [9.17, 15) is 9.59 Å². The lowest BCUT2D eigenvalue weighted by molar-refractivity contribution is 0.00431. The quantitative estimate of drug-likeness (QED) is 0.819. The maximum Gasteiger partial charge on any atom is 0.410 e. The highest BCUT2D eigenvalue weighted by Gasteiger charge is 2.34. The molecule has 0 radical (unpaired) electrons. The molecule has 1 fully saturated rings. The smallest absolute Gasteiger partial charge is 0.410 e. The number of carbonyl (C=O) groups excluding carboxylic acids is 2. The summed E-state index contributed by atoms with van der Waals surface area (Å²) in [6.45, 7) is 9.95. The number of hydrogen-bond donors (Lipinski definition) is 1. The molecule has 0 unspecified atom stereocenters. The fourth-order valence-electron chi connectivity index (χ4n) is 1.46. The van der Waals surface area contributed by atoms with Crippen molar-refractivity contribution in [3.63, 3.8) is 0 Å². The Morgan fingerprint density at radius 2 is 1.83 bits per heavy atom. The van der Waals surface area contributed by atoms with Crippen molar-refractivity contribution in [3.8, 4) is 0 Å². The van der Waals surface area contributed by atoms with Gasteiger partial charge in [-0.05, 0) is 34.6 Å². The number of ether oxygens (including phenoxy) is 2. The van der Waals surface area contributed by atoms with Gasteiger partial charge < -0.3 is 19.7 Å². The zero-order chi connectivity index (χ0) is 13.9. The number of carbonyl (C=O) groups is 2. The van der Waals surface area contributed by atoms with Gasteiger partial charge >= 0.3 is 12.2 Å². The van der Waals surface area contributed by atoms with E-state index in [0.29, 0.717) is 13.1 Å². The maximum absolute atomic E-state index is 11.6. The predicted molar refractivity (Wildman–Crippen MR) is 66.3 cm³/mol. The molecule has 1 aliphatic rings. The summed E-state index contributed by atoms with van der Waals surface area (Å²) >= 11 is 0. The lowest BCUT2D eigenvalue weighted by Gasteiger charge is -2.39. The Hall–Kier alpha value is -1.46. The molecule has 6 nitrogen and oxygen atoms in total. The highest BCUT2D eigenvalue weighted by atomic mass is 16.6. The molecule has 1 N–H and O–H groups in total. The molecule has 6 heteroatoms. The van der Waals surface area contributed by atoms with Gasteiger partial charge in [0.2, 0.25) is 0 Å². The molecule has 104 valence electrons. The maximum atomic E-state index is 11.6. The number of nitrogens with zero attached hydrogens (tertiary/aromatic N) is 1. The predicted octanol–water partition coefficient (Wildman–Crippen LogP) is 1.74. The van der Waals surface area contributed by atoms with Gasteiger partial charge in [-0.2, -0.15) is 0 Å². The van der Waals surface area contributed by atoms with E-state index in [1.165, 1.54) is 0 Å². The van der Waals surface area contributed by atoms with Gasteiger partial charge in [0, 0.05) is 13.1 Å². The molecular weight excluding hydrogens is 236 g/mol. The van der Waals surface area contributed by atoms with E-state index in [0.717, 1.165) is 0 Å². The van der Waals surface area contributed by atoms with E-state index in [1.807, 2.05) is 20.8 Å². The highest BCUT2D eigenvalue weighted by Crippen LogP contribution is 2.15. The van der Waals surface area contributed by atoms with Crippen LogP contribution in [-0.4, -0.2) is 47.9 Å². The first-order valence-corrected chi connectivity index (χ1v) is 6.12. The standard InChI is InChI=1S/C12H22N2O4/c1-8(2)17-10(15)13-9-6-14(7-9)11(16)18-12(3,4)5/h8-9H,6-7H2,1-5H3,(H,13,15). The fourth-order valence-corrected chi connectivity index (χ4v) is 1.46. The lowest BCUT2D eigenvalue weighted by Crippen LogP contribution is -2.61. The van der Waals surface area contributed by atoms with Crippen LogP contribution in [0.25, 0.3) is 0 Å². The van der Waals surface area contributed by atoms with E-state index in [4.69, 9.17) is 9.47 Å². The molecule has 18 heavy (non-hydrogen) atoms. The summed E-state index contributed by atoms with van der Waals surface area (Å²) in [5.74, 6) is 0. The molecule has 0 aromatic carbocycles. The number of nitrogens with one attached hydrogen (secondary N) is 1. The van der Waals surface area contributed by atoms with Gasteiger partial charge in [0.05, 0.1) is 12.1 Å². The van der Waals surface area contributed by atoms with Crippen molar-refractivity contribution >= 4 is 12.2 Å². The van der Waals surface area contributed by atoms with Crippen molar-refractivity contribution in [2.45, 2.75) is 52.4 Å². The third-order valence-electron chi connectivity index (χ3n) is 2.20. The zero-order valence-corrected chi connectivity index (χ0v) is 11.6. The van der Waals surface area contributed by atoms with Crippen molar-refractivity contribution in [2.24, 2.45) is 0 Å². The van der Waals surface area contributed by atoms with E-state index < -0.39 is 11.7 Å². The summed E-state index contributed by atoms with van der Waals surface area (Å²) < 4.78 is 10.2. The van der Waals surface area contributed by atoms with Gasteiger partial charge in [-0.15, -0.1) is 0 Å². The first-order valence-electron chi connectivity index (χ1n) is 6.12. The van der Waals surface area contributed by atoms with Gasteiger partial charge in [0.25, 0.3) is 0 Å². The molecule has 1 saturated heterocycles. The molecule has 1 rings (SSSR count). The summed E-state index contributed by atoms with van der Waals surface area (Å²) in [4.78, 5) is 24.5. The fraction of sp³-hybridized carbons (Fsp3) is 0.833. The third kappa shape index (κ3) is 4.81. The number of alkyl carbamates (subject to hydrolysis) is 1. The minimum atomic E-state index is -0.494. The monoisotopic (exact) mass is 258 g/mol. The SMILES string of the molecule is CC(C)OC(=O)NC1CN(C(=O)OC(C)(C)C)C1. The van der Waals surface area contributed by atoms with Crippen molar-refractivity contribution in [1.29, 1.82) is 0 Å². The zero-order valence-electron chi connectivity index (χ0n) is 11.6. The topological polar surface area (TPSA) is 67.9 Å². The molecule has 1 aliphatic heterocycles. The Morgan fingerprint density at radius 1 is 1.28 bits per heavy atom. The van der Waals surface area contributed by atoms with Gasteiger partial charge in [-0.1, -0.05) is 0 Å². The second kappa shape index (κ2) is 5.46. The second-order valence-electron chi connectivity index (χ2n) is 5.68. The Morgan fingerprint density at radius 3 is 2.28 bits per heavy atom. The molecule has 0 atom stereocenters. The van der Waals surface area contributed by atoms with Crippen LogP contribution in [0.5, 0.6) is 0 Å². The van der Waals surface area contributed by atoms with Crippen LogP contribution in [-0.2, 0) is 9.47 Å². The minimum Gasteiger partial charge on any atom is -0.447 e. The first kappa shape index (κ1) is 14.6. The van der Waals surface area contributed by atoms with Crippen molar-refractivity contribution in [3.05, 3.63) is 0 Å². The number of rotatable bonds is 2. The summed E-state index contributed by atoms with van der Waals surface area (Å²) in [5.41, 5.74) is -0.494. The second-order valence-corrected chi connectivity index (χ2v) is 5.68. The van der Waals surface area contributed by atoms with Crippen LogP contribution in [0.4, 0.5) is 9.59 Å². The van der Waals surface area contributed by atoms with Crippen LogP contribution in [0.2, 0.25) is 0 Å². The Balaban J connectivity index is 2.24. The summed E-state index contributed by atoms with van der Waals surface area (Å²) in [6, 6.07) is -0.0521. The summed E-state index contributed by atoms with van der Waals surface area (Å²) in [7, 11) is 0. The molecule has 0 aromatic rings. The highest BCUT2D eigenvalue weighted by molar-refractivity contribution is 5.71. The van der Waals surface area contributed by atoms with Crippen LogP contribution in [0.1, 0.15) is 34.6 Å². The largest absolute Gasteiger partial charge is 0.447 e. The number of hydrogen-bond acceptors (Lipinski definition) is 4. The molecule has 0 aliphatic carbocycles. The van der Waals surface area contributed by atoms with Crippen molar-refractivity contribution in [2.75, 3.05) is 13.1 Å². The van der Waals surface area contributed by atoms with E-state index >= 15 is 0 Å². The average Bonchev–Trinajstić information content (AvgIpc) is 2.05. The minimum absolute atomic E-state index is 0.0521. The average molecular weight is 258 g/mol. The van der Waals surface area contributed by atoms with Crippen LogP contribution in [0.15, 0.2) is 0 Å². The molecule has 0 aromatic heterocycles. The van der Waals surface area contributed by atoms with E-state index in [-0.39, 0.29) is 18.2 Å². The van der Waals surface area contributed by atoms with Crippen molar-refractivity contribution in [1.82, 2.24) is 10.2 Å². The molecule has 0 saturated carbocycles. The lowest BCUT2D eigenvalue weighted by atomic mass is 10.1. The van der Waals surface area contributed by atoms with E-state index in [2.05, 4.69) is 5.32 Å².